The summed E-state index contributed by atoms with van der Waals surface area (Å²) in [7, 11) is 3.47. The number of hydrogen-bond donors (Lipinski definition) is 2. The Morgan fingerprint density at radius 1 is 1.32 bits per heavy atom. The normalized spacial score (nSPS) is 16.5. The third-order valence-corrected chi connectivity index (χ3v) is 5.38. The van der Waals surface area contributed by atoms with Crippen LogP contribution in [0.3, 0.4) is 0 Å². The third kappa shape index (κ3) is 3.84. The fourth-order valence-electron chi connectivity index (χ4n) is 3.19. The minimum atomic E-state index is -0.734. The molecule has 0 bridgehead atoms. The lowest BCUT2D eigenvalue weighted by molar-refractivity contribution is -0.135. The number of anilines is 1. The summed E-state index contributed by atoms with van der Waals surface area (Å²) in [6.07, 6.45) is 3.36. The fourth-order valence-corrected chi connectivity index (χ4v) is 3.86. The summed E-state index contributed by atoms with van der Waals surface area (Å²) in [5, 5.41) is 14.3. The van der Waals surface area contributed by atoms with Crippen LogP contribution in [0.25, 0.3) is 0 Å². The van der Waals surface area contributed by atoms with Gasteiger partial charge in [0, 0.05) is 39.4 Å². The molecule has 3 rings (SSSR count). The van der Waals surface area contributed by atoms with Crippen LogP contribution in [0.2, 0.25) is 0 Å². The number of nitrogens with one attached hydrogen (secondary N) is 2. The number of likely N-dealkylation sites (tertiary alicyclic amines) is 1. The number of thiophene rings is 1. The molecule has 3 heterocycles. The summed E-state index contributed by atoms with van der Waals surface area (Å²) in [6.45, 7) is 1.10. The van der Waals surface area contributed by atoms with E-state index in [1.807, 2.05) is 41.0 Å². The summed E-state index contributed by atoms with van der Waals surface area (Å²) in [5.41, 5.74) is 0.312. The molecule has 0 radical (unpaired) electrons. The van der Waals surface area contributed by atoms with Crippen molar-refractivity contribution in [1.82, 2.24) is 20.0 Å². The minimum absolute atomic E-state index is 0.0666. The molecule has 0 aliphatic carbocycles. The van der Waals surface area contributed by atoms with Crippen LogP contribution in [-0.4, -0.2) is 52.2 Å². The van der Waals surface area contributed by atoms with E-state index < -0.39 is 5.54 Å². The Morgan fingerprint density at radius 3 is 2.64 bits per heavy atom. The maximum atomic E-state index is 12.5. The van der Waals surface area contributed by atoms with Crippen molar-refractivity contribution in [2.75, 3.05) is 25.5 Å². The van der Waals surface area contributed by atoms with E-state index in [1.165, 1.54) is 0 Å². The van der Waals surface area contributed by atoms with Crippen molar-refractivity contribution in [3.8, 4) is 0 Å². The quantitative estimate of drug-likeness (QED) is 0.840. The number of piperidine rings is 1. The SMILES string of the molecule is CNC(=O)C1(Nc2ccn(C)n2)CCN(C(=O)Cc2ccsc2)CC1. The van der Waals surface area contributed by atoms with E-state index in [0.717, 1.165) is 5.56 Å². The van der Waals surface area contributed by atoms with Crippen molar-refractivity contribution in [3.05, 3.63) is 34.7 Å². The number of nitrogens with zero attached hydrogens (tertiary/aromatic N) is 3. The van der Waals surface area contributed by atoms with Crippen LogP contribution in [0.1, 0.15) is 18.4 Å². The molecule has 1 aliphatic rings. The number of hydrogen-bond acceptors (Lipinski definition) is 5. The smallest absolute Gasteiger partial charge is 0.245 e. The van der Waals surface area contributed by atoms with Crippen molar-refractivity contribution < 1.29 is 9.59 Å². The Bertz CT molecular complexity index is 732. The van der Waals surface area contributed by atoms with E-state index in [2.05, 4.69) is 15.7 Å². The lowest BCUT2D eigenvalue weighted by atomic mass is 9.86. The van der Waals surface area contributed by atoms with Crippen molar-refractivity contribution >= 4 is 29.0 Å². The molecular formula is C17H23N5O2S. The molecule has 0 spiro atoms. The summed E-state index contributed by atoms with van der Waals surface area (Å²) in [5.74, 6) is 0.717. The van der Waals surface area contributed by atoms with E-state index in [-0.39, 0.29) is 11.8 Å². The van der Waals surface area contributed by atoms with Crippen LogP contribution in [0.5, 0.6) is 0 Å². The molecule has 0 atom stereocenters. The van der Waals surface area contributed by atoms with Gasteiger partial charge in [-0.05, 0) is 35.2 Å². The first kappa shape index (κ1) is 17.5. The van der Waals surface area contributed by atoms with E-state index >= 15 is 0 Å². The molecule has 7 nitrogen and oxygen atoms in total. The molecule has 0 saturated carbocycles. The molecule has 0 unspecified atom stereocenters. The Kier molecular flexibility index (Phi) is 5.08. The van der Waals surface area contributed by atoms with Gasteiger partial charge in [-0.1, -0.05) is 0 Å². The zero-order chi connectivity index (χ0) is 17.9. The number of carbonyl (C=O) groups is 2. The lowest BCUT2D eigenvalue weighted by Gasteiger charge is -2.41. The van der Waals surface area contributed by atoms with Crippen LogP contribution in [0.15, 0.2) is 29.1 Å². The maximum Gasteiger partial charge on any atom is 0.245 e. The van der Waals surface area contributed by atoms with Gasteiger partial charge in [0.05, 0.1) is 6.42 Å². The van der Waals surface area contributed by atoms with Crippen molar-refractivity contribution in [2.45, 2.75) is 24.8 Å². The van der Waals surface area contributed by atoms with E-state index in [0.29, 0.717) is 38.2 Å². The highest BCUT2D eigenvalue weighted by Gasteiger charge is 2.42. The second kappa shape index (κ2) is 7.26. The van der Waals surface area contributed by atoms with Gasteiger partial charge in [-0.3, -0.25) is 14.3 Å². The minimum Gasteiger partial charge on any atom is -0.357 e. The molecule has 25 heavy (non-hydrogen) atoms. The van der Waals surface area contributed by atoms with Gasteiger partial charge in [0.15, 0.2) is 0 Å². The largest absolute Gasteiger partial charge is 0.357 e. The summed E-state index contributed by atoms with van der Waals surface area (Å²) in [6, 6.07) is 3.82. The van der Waals surface area contributed by atoms with Gasteiger partial charge in [-0.15, -0.1) is 0 Å². The van der Waals surface area contributed by atoms with Gasteiger partial charge in [0.2, 0.25) is 11.8 Å². The summed E-state index contributed by atoms with van der Waals surface area (Å²) in [4.78, 5) is 26.8. The predicted molar refractivity (Wildman–Crippen MR) is 97.5 cm³/mol. The van der Waals surface area contributed by atoms with Crippen LogP contribution in [-0.2, 0) is 23.1 Å². The van der Waals surface area contributed by atoms with Gasteiger partial charge >= 0.3 is 0 Å². The predicted octanol–water partition coefficient (Wildman–Crippen LogP) is 1.24. The van der Waals surface area contributed by atoms with Crippen LogP contribution in [0, 0.1) is 0 Å². The molecule has 2 aromatic heterocycles. The molecule has 2 amide bonds. The van der Waals surface area contributed by atoms with E-state index in [4.69, 9.17) is 0 Å². The van der Waals surface area contributed by atoms with Crippen LogP contribution in [0.4, 0.5) is 5.82 Å². The fraction of sp³-hybridized carbons (Fsp3) is 0.471. The van der Waals surface area contributed by atoms with Gasteiger partial charge in [-0.2, -0.15) is 16.4 Å². The van der Waals surface area contributed by atoms with E-state index in [1.54, 1.807) is 23.1 Å². The summed E-state index contributed by atoms with van der Waals surface area (Å²) >= 11 is 1.60. The molecule has 1 aliphatic heterocycles. The molecule has 1 saturated heterocycles. The number of likely N-dealkylation sites (N-methyl/N-ethyl adjacent to an activating group) is 1. The number of aromatic nitrogens is 2. The van der Waals surface area contributed by atoms with Crippen molar-refractivity contribution in [3.63, 3.8) is 0 Å². The number of carbonyl (C=O) groups excluding carboxylic acids is 2. The van der Waals surface area contributed by atoms with Crippen LogP contribution < -0.4 is 10.6 Å². The van der Waals surface area contributed by atoms with Crippen LogP contribution >= 0.6 is 11.3 Å². The standard InChI is InChI=1S/C17H23N5O2S/c1-18-16(24)17(19-14-3-7-21(2)20-14)5-8-22(9-6-17)15(23)11-13-4-10-25-12-13/h3-4,7,10,12H,5-6,8-9,11H2,1-2H3,(H,18,24)(H,19,20). The number of aryl methyl sites for hydroxylation is 1. The van der Waals surface area contributed by atoms with E-state index in [9.17, 15) is 9.59 Å². The molecule has 0 aromatic carbocycles. The summed E-state index contributed by atoms with van der Waals surface area (Å²) < 4.78 is 1.69. The van der Waals surface area contributed by atoms with Crippen molar-refractivity contribution in [2.24, 2.45) is 7.05 Å². The molecule has 8 heteroatoms. The molecule has 2 N–H and O–H groups in total. The maximum absolute atomic E-state index is 12.5. The second-order valence-electron chi connectivity index (χ2n) is 6.35. The molecular weight excluding hydrogens is 338 g/mol. The first-order valence-corrected chi connectivity index (χ1v) is 9.25. The van der Waals surface area contributed by atoms with Gasteiger partial charge in [-0.25, -0.2) is 0 Å². The first-order chi connectivity index (χ1) is 12.0. The highest BCUT2D eigenvalue weighted by molar-refractivity contribution is 7.08. The molecule has 1 fully saturated rings. The lowest BCUT2D eigenvalue weighted by Crippen LogP contribution is -2.58. The van der Waals surface area contributed by atoms with Crippen molar-refractivity contribution in [1.29, 1.82) is 0 Å². The zero-order valence-corrected chi connectivity index (χ0v) is 15.3. The average Bonchev–Trinajstić information content (AvgIpc) is 3.26. The van der Waals surface area contributed by atoms with Gasteiger partial charge in [0.25, 0.3) is 0 Å². The zero-order valence-electron chi connectivity index (χ0n) is 14.5. The average molecular weight is 361 g/mol. The Morgan fingerprint density at radius 2 is 2.08 bits per heavy atom. The Labute approximate surface area is 151 Å². The number of amides is 2. The highest BCUT2D eigenvalue weighted by Crippen LogP contribution is 2.27. The Hall–Kier alpha value is -2.35. The molecule has 2 aromatic rings. The topological polar surface area (TPSA) is 79.3 Å². The first-order valence-electron chi connectivity index (χ1n) is 8.31. The number of rotatable bonds is 5. The van der Waals surface area contributed by atoms with Gasteiger partial charge in [0.1, 0.15) is 11.4 Å². The molecule has 134 valence electrons. The highest BCUT2D eigenvalue weighted by atomic mass is 32.1. The Balaban J connectivity index is 1.66. The van der Waals surface area contributed by atoms with Gasteiger partial charge < -0.3 is 15.5 Å². The second-order valence-corrected chi connectivity index (χ2v) is 7.13. The monoisotopic (exact) mass is 361 g/mol. The third-order valence-electron chi connectivity index (χ3n) is 4.65.